The second-order valence-electron chi connectivity index (χ2n) is 3.56. The van der Waals surface area contributed by atoms with Crippen LogP contribution in [0.4, 0.5) is 4.39 Å². The van der Waals surface area contributed by atoms with Gasteiger partial charge < -0.3 is 5.32 Å². The van der Waals surface area contributed by atoms with E-state index in [9.17, 15) is 4.39 Å². The average Bonchev–Trinajstić information content (AvgIpc) is 2.01. The normalized spacial score (nSPS) is 18.1. The van der Waals surface area contributed by atoms with E-state index in [4.69, 9.17) is 0 Å². The predicted octanol–water partition coefficient (Wildman–Crippen LogP) is 2.72. The van der Waals surface area contributed by atoms with Crippen molar-refractivity contribution in [1.82, 2.24) is 5.32 Å². The van der Waals surface area contributed by atoms with Crippen LogP contribution < -0.4 is 5.32 Å². The third kappa shape index (κ3) is 2.69. The first kappa shape index (κ1) is 12.0. The first-order chi connectivity index (χ1) is 6.18. The van der Waals surface area contributed by atoms with E-state index in [1.807, 2.05) is 24.3 Å². The van der Waals surface area contributed by atoms with Crippen molar-refractivity contribution >= 4 is 28.3 Å². The maximum atomic E-state index is 13.6. The van der Waals surface area contributed by atoms with Gasteiger partial charge in [-0.05, 0) is 17.7 Å². The summed E-state index contributed by atoms with van der Waals surface area (Å²) in [6.45, 7) is 0.971. The largest absolute Gasteiger partial charge is 0.310 e. The van der Waals surface area contributed by atoms with Crippen molar-refractivity contribution in [2.24, 2.45) is 0 Å². The van der Waals surface area contributed by atoms with Gasteiger partial charge >= 0.3 is 0 Å². The van der Waals surface area contributed by atoms with Gasteiger partial charge in [-0.1, -0.05) is 28.1 Å². The van der Waals surface area contributed by atoms with Gasteiger partial charge in [0, 0.05) is 24.0 Å². The SMILES string of the molecule is Cl.FC1(Cc2cccc(Br)c2)CNC1. The molecule has 1 aromatic rings. The molecule has 0 aromatic heterocycles. The van der Waals surface area contributed by atoms with E-state index in [2.05, 4.69) is 21.2 Å². The van der Waals surface area contributed by atoms with Crippen molar-refractivity contribution in [3.8, 4) is 0 Å². The summed E-state index contributed by atoms with van der Waals surface area (Å²) in [5.74, 6) is 0. The Hall–Kier alpha value is -0.120. The fraction of sp³-hybridized carbons (Fsp3) is 0.400. The Balaban J connectivity index is 0.000000980. The van der Waals surface area contributed by atoms with Crippen LogP contribution in [-0.2, 0) is 6.42 Å². The lowest BCUT2D eigenvalue weighted by atomic mass is 9.91. The van der Waals surface area contributed by atoms with E-state index in [0.29, 0.717) is 19.5 Å². The highest BCUT2D eigenvalue weighted by Gasteiger charge is 2.36. The van der Waals surface area contributed by atoms with Crippen LogP contribution in [-0.4, -0.2) is 18.8 Å². The van der Waals surface area contributed by atoms with Crippen molar-refractivity contribution < 1.29 is 4.39 Å². The molecule has 2 rings (SSSR count). The highest BCUT2D eigenvalue weighted by atomic mass is 79.9. The molecular weight excluding hydrogens is 268 g/mol. The van der Waals surface area contributed by atoms with E-state index < -0.39 is 5.67 Å². The number of hydrogen-bond acceptors (Lipinski definition) is 1. The number of hydrogen-bond donors (Lipinski definition) is 1. The van der Waals surface area contributed by atoms with E-state index in [1.165, 1.54) is 0 Å². The molecule has 0 bridgehead atoms. The Kier molecular flexibility index (Phi) is 3.93. The van der Waals surface area contributed by atoms with Gasteiger partial charge in [-0.2, -0.15) is 0 Å². The molecular formula is C10H12BrClFN. The van der Waals surface area contributed by atoms with Crippen LogP contribution in [0.25, 0.3) is 0 Å². The Bertz CT molecular complexity index is 315. The molecule has 4 heteroatoms. The molecule has 1 aromatic carbocycles. The molecule has 78 valence electrons. The van der Waals surface area contributed by atoms with E-state index in [1.54, 1.807) is 0 Å². The molecule has 0 saturated carbocycles. The number of benzene rings is 1. The number of rotatable bonds is 2. The van der Waals surface area contributed by atoms with Gasteiger partial charge in [0.15, 0.2) is 0 Å². The summed E-state index contributed by atoms with van der Waals surface area (Å²) in [6, 6.07) is 7.83. The maximum absolute atomic E-state index is 13.6. The lowest BCUT2D eigenvalue weighted by Gasteiger charge is -2.35. The van der Waals surface area contributed by atoms with Crippen molar-refractivity contribution in [2.75, 3.05) is 13.1 Å². The Morgan fingerprint density at radius 1 is 1.43 bits per heavy atom. The second kappa shape index (κ2) is 4.60. The van der Waals surface area contributed by atoms with Gasteiger partial charge in [-0.25, -0.2) is 4.39 Å². The third-order valence-electron chi connectivity index (χ3n) is 2.29. The van der Waals surface area contributed by atoms with Crippen LogP contribution in [0.3, 0.4) is 0 Å². The quantitative estimate of drug-likeness (QED) is 0.878. The Morgan fingerprint density at radius 3 is 2.64 bits per heavy atom. The van der Waals surface area contributed by atoms with Crippen LogP contribution in [0.5, 0.6) is 0 Å². The molecule has 1 nitrogen and oxygen atoms in total. The molecule has 0 aliphatic carbocycles. The average molecular weight is 281 g/mol. The molecule has 1 fully saturated rings. The molecule has 1 aliphatic heterocycles. The van der Waals surface area contributed by atoms with E-state index in [-0.39, 0.29) is 12.4 Å². The van der Waals surface area contributed by atoms with E-state index >= 15 is 0 Å². The summed E-state index contributed by atoms with van der Waals surface area (Å²) in [5.41, 5.74) is 0.0409. The highest BCUT2D eigenvalue weighted by molar-refractivity contribution is 9.10. The summed E-state index contributed by atoms with van der Waals surface area (Å²) in [6.07, 6.45) is 0.513. The molecule has 0 unspecified atom stereocenters. The van der Waals surface area contributed by atoms with Crippen LogP contribution in [0.2, 0.25) is 0 Å². The zero-order valence-electron chi connectivity index (χ0n) is 7.59. The van der Waals surface area contributed by atoms with Gasteiger partial charge in [-0.15, -0.1) is 12.4 Å². The van der Waals surface area contributed by atoms with Crippen molar-refractivity contribution in [2.45, 2.75) is 12.1 Å². The molecule has 0 radical (unpaired) electrons. The lowest BCUT2D eigenvalue weighted by molar-refractivity contribution is 0.0912. The molecule has 1 aliphatic rings. The summed E-state index contributed by atoms with van der Waals surface area (Å²) in [7, 11) is 0. The topological polar surface area (TPSA) is 12.0 Å². The minimum atomic E-state index is -1.01. The zero-order chi connectivity index (χ0) is 9.31. The van der Waals surface area contributed by atoms with Crippen LogP contribution >= 0.6 is 28.3 Å². The third-order valence-corrected chi connectivity index (χ3v) is 2.79. The summed E-state index contributed by atoms with van der Waals surface area (Å²) in [5, 5.41) is 2.95. The minimum absolute atomic E-state index is 0. The summed E-state index contributed by atoms with van der Waals surface area (Å²) >= 11 is 3.37. The minimum Gasteiger partial charge on any atom is -0.310 e. The highest BCUT2D eigenvalue weighted by Crippen LogP contribution is 2.23. The molecule has 0 spiro atoms. The van der Waals surface area contributed by atoms with E-state index in [0.717, 1.165) is 10.0 Å². The number of alkyl halides is 1. The zero-order valence-corrected chi connectivity index (χ0v) is 10.00. The molecule has 0 atom stereocenters. The molecule has 1 heterocycles. The summed E-state index contributed by atoms with van der Waals surface area (Å²) in [4.78, 5) is 0. The first-order valence-electron chi connectivity index (χ1n) is 4.32. The fourth-order valence-corrected chi connectivity index (χ4v) is 1.98. The summed E-state index contributed by atoms with van der Waals surface area (Å²) < 4.78 is 14.7. The smallest absolute Gasteiger partial charge is 0.139 e. The van der Waals surface area contributed by atoms with Gasteiger partial charge in [0.2, 0.25) is 0 Å². The predicted molar refractivity (Wildman–Crippen MR) is 61.8 cm³/mol. The molecule has 0 amide bonds. The van der Waals surface area contributed by atoms with Gasteiger partial charge in [0.25, 0.3) is 0 Å². The number of halogens is 3. The molecule has 14 heavy (non-hydrogen) atoms. The molecule has 1 saturated heterocycles. The van der Waals surface area contributed by atoms with Gasteiger partial charge in [-0.3, -0.25) is 0 Å². The monoisotopic (exact) mass is 279 g/mol. The lowest BCUT2D eigenvalue weighted by Crippen LogP contribution is -2.57. The first-order valence-corrected chi connectivity index (χ1v) is 5.11. The maximum Gasteiger partial charge on any atom is 0.139 e. The van der Waals surface area contributed by atoms with Crippen molar-refractivity contribution in [3.05, 3.63) is 34.3 Å². The van der Waals surface area contributed by atoms with Crippen molar-refractivity contribution in [1.29, 1.82) is 0 Å². The molecule has 1 N–H and O–H groups in total. The van der Waals surface area contributed by atoms with Crippen LogP contribution in [0.1, 0.15) is 5.56 Å². The van der Waals surface area contributed by atoms with Gasteiger partial charge in [0.05, 0.1) is 0 Å². The Morgan fingerprint density at radius 2 is 2.14 bits per heavy atom. The standard InChI is InChI=1S/C10H11BrFN.ClH/c11-9-3-1-2-8(4-9)5-10(12)6-13-7-10;/h1-4,13H,5-7H2;1H. The van der Waals surface area contributed by atoms with Crippen LogP contribution in [0, 0.1) is 0 Å². The second-order valence-corrected chi connectivity index (χ2v) is 4.48. The Labute approximate surface area is 97.6 Å². The van der Waals surface area contributed by atoms with Gasteiger partial charge in [0.1, 0.15) is 5.67 Å². The number of nitrogens with one attached hydrogen (secondary N) is 1. The fourth-order valence-electron chi connectivity index (χ4n) is 1.53. The van der Waals surface area contributed by atoms with Crippen LogP contribution in [0.15, 0.2) is 28.7 Å². The van der Waals surface area contributed by atoms with Crippen molar-refractivity contribution in [3.63, 3.8) is 0 Å².